The average Bonchev–Trinajstić information content (AvgIpc) is 2.91. The first kappa shape index (κ1) is 27.8. The van der Waals surface area contributed by atoms with Crippen molar-refractivity contribution in [3.63, 3.8) is 0 Å². The second-order valence-electron chi connectivity index (χ2n) is 8.86. The largest absolute Gasteiger partial charge is 0.371 e. The van der Waals surface area contributed by atoms with E-state index >= 15 is 0 Å². The third kappa shape index (κ3) is 6.51. The summed E-state index contributed by atoms with van der Waals surface area (Å²) in [5, 5.41) is 11.4. The number of rotatable bonds is 9. The van der Waals surface area contributed by atoms with Crippen LogP contribution in [0.5, 0.6) is 0 Å². The summed E-state index contributed by atoms with van der Waals surface area (Å²) in [6, 6.07) is 14.2. The van der Waals surface area contributed by atoms with Crippen molar-refractivity contribution in [2.75, 3.05) is 40.4 Å². The average molecular weight is 511 g/mol. The van der Waals surface area contributed by atoms with Crippen LogP contribution in [0.4, 0.5) is 4.39 Å². The van der Waals surface area contributed by atoms with Crippen LogP contribution in [0.3, 0.4) is 0 Å². The fourth-order valence-electron chi connectivity index (χ4n) is 3.83. The molecule has 0 saturated carbocycles. The smallest absolute Gasteiger partial charge is 0.278 e. The summed E-state index contributed by atoms with van der Waals surface area (Å²) >= 11 is 0. The monoisotopic (exact) mass is 510 g/mol. The molecule has 2 aromatic carbocycles. The number of nitrogens with zero attached hydrogens (tertiary/aromatic N) is 2. The molecule has 2 aromatic rings. The molecule has 1 aliphatic rings. The van der Waals surface area contributed by atoms with Crippen LogP contribution in [-0.4, -0.2) is 84.8 Å². The number of likely N-dealkylation sites (tertiary alicyclic amines) is 1. The topological polar surface area (TPSA) is 111 Å². The highest BCUT2D eigenvalue weighted by molar-refractivity contribution is 6.12. The summed E-state index contributed by atoms with van der Waals surface area (Å²) in [5.41, 5.74) is 2.26. The maximum Gasteiger partial charge on any atom is 0.278 e. The maximum absolute atomic E-state index is 12.9. The third-order valence-corrected chi connectivity index (χ3v) is 6.44. The molecule has 3 rings (SSSR count). The minimum Gasteiger partial charge on any atom is -0.371 e. The van der Waals surface area contributed by atoms with Gasteiger partial charge < -0.3 is 15.0 Å². The predicted molar refractivity (Wildman–Crippen MR) is 134 cm³/mol. The lowest BCUT2D eigenvalue weighted by Crippen LogP contribution is -2.64. The highest BCUT2D eigenvalue weighted by Crippen LogP contribution is 2.18. The number of benzene rings is 2. The van der Waals surface area contributed by atoms with E-state index in [0.717, 1.165) is 29.1 Å². The summed E-state index contributed by atoms with van der Waals surface area (Å²) < 4.78 is 18.1. The van der Waals surface area contributed by atoms with E-state index in [4.69, 9.17) is 9.94 Å². The minimum atomic E-state index is -1.95. The fourth-order valence-corrected chi connectivity index (χ4v) is 3.83. The van der Waals surface area contributed by atoms with Crippen LogP contribution in [0.2, 0.25) is 0 Å². The number of hydrogen-bond donors (Lipinski definition) is 3. The molecule has 1 unspecified atom stereocenters. The number of nitrogens with one attached hydrogen (secondary N) is 2. The zero-order valence-electron chi connectivity index (χ0n) is 21.1. The second-order valence-corrected chi connectivity index (χ2v) is 8.86. The van der Waals surface area contributed by atoms with E-state index in [1.807, 2.05) is 29.2 Å². The molecule has 0 spiro atoms. The molecule has 0 bridgehead atoms. The molecule has 1 atom stereocenters. The van der Waals surface area contributed by atoms with Gasteiger partial charge in [-0.05, 0) is 48.9 Å². The Kier molecular flexibility index (Phi) is 9.36. The number of likely N-dealkylation sites (N-methyl/N-ethyl adjacent to an activating group) is 2. The van der Waals surface area contributed by atoms with Gasteiger partial charge in [0.05, 0.1) is 12.7 Å². The Hall–Kier alpha value is -3.78. The SMILES string of the molecule is CNC(=O)C(C)(C(=O)NO)N(C)C(=O)c1ccc(C#Cc2ccc(COC3CN(CCF)C3)cc2)cc1. The van der Waals surface area contributed by atoms with Crippen molar-refractivity contribution in [1.29, 1.82) is 0 Å². The molecule has 1 heterocycles. The van der Waals surface area contributed by atoms with E-state index < -0.39 is 23.3 Å². The minimum absolute atomic E-state index is 0.144. The lowest BCUT2D eigenvalue weighted by Gasteiger charge is -2.38. The quantitative estimate of drug-likeness (QED) is 0.203. The van der Waals surface area contributed by atoms with E-state index in [2.05, 4.69) is 17.2 Å². The summed E-state index contributed by atoms with van der Waals surface area (Å²) in [7, 11) is 2.64. The zero-order valence-corrected chi connectivity index (χ0v) is 21.1. The summed E-state index contributed by atoms with van der Waals surface area (Å²) in [5.74, 6) is 3.75. The van der Waals surface area contributed by atoms with E-state index in [1.165, 1.54) is 26.5 Å². The van der Waals surface area contributed by atoms with Crippen molar-refractivity contribution >= 4 is 17.7 Å². The van der Waals surface area contributed by atoms with Gasteiger partial charge >= 0.3 is 0 Å². The molecule has 1 saturated heterocycles. The van der Waals surface area contributed by atoms with Crippen LogP contribution in [0.1, 0.15) is 34.0 Å². The highest BCUT2D eigenvalue weighted by Gasteiger charge is 2.47. The second kappa shape index (κ2) is 12.5. The first-order valence-electron chi connectivity index (χ1n) is 11.8. The van der Waals surface area contributed by atoms with Crippen LogP contribution in [0.25, 0.3) is 0 Å². The Morgan fingerprint density at radius 2 is 1.65 bits per heavy atom. The van der Waals surface area contributed by atoms with Gasteiger partial charge in [0.2, 0.25) is 0 Å². The molecule has 10 heteroatoms. The number of halogens is 1. The van der Waals surface area contributed by atoms with Gasteiger partial charge in [-0.3, -0.25) is 24.5 Å². The van der Waals surface area contributed by atoms with Gasteiger partial charge in [-0.2, -0.15) is 0 Å². The van der Waals surface area contributed by atoms with Crippen molar-refractivity contribution in [1.82, 2.24) is 20.6 Å². The van der Waals surface area contributed by atoms with Crippen molar-refractivity contribution in [2.24, 2.45) is 0 Å². The van der Waals surface area contributed by atoms with Crippen LogP contribution in [0, 0.1) is 11.8 Å². The molecule has 0 aromatic heterocycles. The first-order valence-corrected chi connectivity index (χ1v) is 11.8. The lowest BCUT2D eigenvalue weighted by molar-refractivity contribution is -0.148. The van der Waals surface area contributed by atoms with Crippen LogP contribution in [-0.2, 0) is 20.9 Å². The van der Waals surface area contributed by atoms with Gasteiger partial charge in [0.1, 0.15) is 6.67 Å². The maximum atomic E-state index is 12.9. The molecule has 1 fully saturated rings. The fraction of sp³-hybridized carbons (Fsp3) is 0.370. The Morgan fingerprint density at radius 3 is 2.16 bits per heavy atom. The van der Waals surface area contributed by atoms with Crippen LogP contribution >= 0.6 is 0 Å². The van der Waals surface area contributed by atoms with E-state index in [9.17, 15) is 18.8 Å². The number of hydrogen-bond acceptors (Lipinski definition) is 6. The summed E-state index contributed by atoms with van der Waals surface area (Å²) in [6.45, 7) is 3.38. The summed E-state index contributed by atoms with van der Waals surface area (Å²) in [6.07, 6.45) is 0.144. The van der Waals surface area contributed by atoms with Crippen molar-refractivity contribution in [3.05, 3.63) is 70.8 Å². The number of ether oxygens (including phenoxy) is 1. The van der Waals surface area contributed by atoms with Crippen LogP contribution < -0.4 is 10.8 Å². The van der Waals surface area contributed by atoms with Crippen LogP contribution in [0.15, 0.2) is 48.5 Å². The molecule has 1 aliphatic heterocycles. The molecule has 3 amide bonds. The normalized spacial score (nSPS) is 14.9. The Morgan fingerprint density at radius 1 is 1.08 bits per heavy atom. The number of amides is 3. The summed E-state index contributed by atoms with van der Waals surface area (Å²) in [4.78, 5) is 40.4. The number of alkyl halides is 1. The molecule has 196 valence electrons. The predicted octanol–water partition coefficient (Wildman–Crippen LogP) is 1.34. The zero-order chi connectivity index (χ0) is 27.0. The van der Waals surface area contributed by atoms with E-state index in [1.54, 1.807) is 24.3 Å². The molecular weight excluding hydrogens is 479 g/mol. The highest BCUT2D eigenvalue weighted by atomic mass is 19.1. The van der Waals surface area contributed by atoms with Gasteiger partial charge in [-0.1, -0.05) is 24.0 Å². The van der Waals surface area contributed by atoms with E-state index in [-0.39, 0.29) is 18.3 Å². The number of hydroxylamine groups is 1. The standard InChI is InChI=1S/C27H31FN4O5/c1-27(25(34)29-2,26(35)30-36)31(3)24(33)22-12-10-20(11-13-22)5-4-19-6-8-21(9-7-19)18-37-23-16-32(17-23)15-14-28/h6-13,23,36H,14-18H2,1-3H3,(H,29,34)(H,30,35). The molecular formula is C27H31FN4O5. The van der Waals surface area contributed by atoms with Gasteiger partial charge in [0.25, 0.3) is 17.7 Å². The Balaban J connectivity index is 1.59. The first-order chi connectivity index (χ1) is 17.7. The number of carbonyl (C=O) groups excluding carboxylic acids is 3. The van der Waals surface area contributed by atoms with Gasteiger partial charge in [-0.25, -0.2) is 9.87 Å². The van der Waals surface area contributed by atoms with Gasteiger partial charge in [0, 0.05) is 50.4 Å². The van der Waals surface area contributed by atoms with Crippen molar-refractivity contribution in [2.45, 2.75) is 25.2 Å². The molecule has 3 N–H and O–H groups in total. The Bertz CT molecular complexity index is 1150. The lowest BCUT2D eigenvalue weighted by atomic mass is 9.96. The van der Waals surface area contributed by atoms with E-state index in [0.29, 0.717) is 18.7 Å². The molecule has 0 aliphatic carbocycles. The Labute approximate surface area is 215 Å². The van der Waals surface area contributed by atoms with Gasteiger partial charge in [0.15, 0.2) is 5.54 Å². The molecule has 37 heavy (non-hydrogen) atoms. The van der Waals surface area contributed by atoms with Crippen molar-refractivity contribution < 1.29 is 28.7 Å². The molecule has 9 nitrogen and oxygen atoms in total. The van der Waals surface area contributed by atoms with Crippen molar-refractivity contribution in [3.8, 4) is 11.8 Å². The van der Waals surface area contributed by atoms with Gasteiger partial charge in [-0.15, -0.1) is 0 Å². The third-order valence-electron chi connectivity index (χ3n) is 6.44. The molecule has 0 radical (unpaired) electrons. The number of carbonyl (C=O) groups is 3.